The van der Waals surface area contributed by atoms with E-state index in [9.17, 15) is 4.79 Å². The molecule has 0 fully saturated rings. The van der Waals surface area contributed by atoms with E-state index in [1.807, 2.05) is 37.3 Å². The first-order valence-corrected chi connectivity index (χ1v) is 9.32. The molecule has 0 amide bonds. The van der Waals surface area contributed by atoms with Crippen molar-refractivity contribution in [1.29, 1.82) is 0 Å². The third-order valence-corrected chi connectivity index (χ3v) is 4.09. The summed E-state index contributed by atoms with van der Waals surface area (Å²) in [5.74, 6) is 1.76. The molecule has 2 aromatic rings. The van der Waals surface area contributed by atoms with E-state index in [0.717, 1.165) is 11.3 Å². The van der Waals surface area contributed by atoms with Crippen LogP contribution in [0.15, 0.2) is 42.5 Å². The second-order valence-corrected chi connectivity index (χ2v) is 6.53. The average molecular weight is 372 g/mol. The topological polar surface area (TPSA) is 65.0 Å². The van der Waals surface area contributed by atoms with Crippen molar-refractivity contribution in [3.05, 3.63) is 53.6 Å². The third-order valence-electron chi connectivity index (χ3n) is 4.09. The van der Waals surface area contributed by atoms with Gasteiger partial charge in [-0.25, -0.2) is 0 Å². The Labute approximate surface area is 160 Å². The SMILES string of the molecule is CCOc1cc(CCC(=O)O)ccc1OCCOc1ccc(C(C)C)cc1. The molecule has 0 saturated carbocycles. The molecule has 27 heavy (non-hydrogen) atoms. The third kappa shape index (κ3) is 6.85. The molecule has 1 N–H and O–H groups in total. The predicted molar refractivity (Wildman–Crippen MR) is 105 cm³/mol. The van der Waals surface area contributed by atoms with Gasteiger partial charge in [-0.2, -0.15) is 0 Å². The lowest BCUT2D eigenvalue weighted by molar-refractivity contribution is -0.136. The van der Waals surface area contributed by atoms with Gasteiger partial charge in [0.2, 0.25) is 0 Å². The minimum atomic E-state index is -0.813. The Hall–Kier alpha value is -2.69. The van der Waals surface area contributed by atoms with Crippen LogP contribution in [-0.2, 0) is 11.2 Å². The first kappa shape index (κ1) is 20.6. The number of aliphatic carboxylic acids is 1. The van der Waals surface area contributed by atoms with Crippen molar-refractivity contribution in [2.24, 2.45) is 0 Å². The number of carboxylic acid groups (broad SMARTS) is 1. The van der Waals surface area contributed by atoms with Crippen LogP contribution >= 0.6 is 0 Å². The number of hydrogen-bond donors (Lipinski definition) is 1. The van der Waals surface area contributed by atoms with Crippen LogP contribution in [0.2, 0.25) is 0 Å². The Morgan fingerprint density at radius 1 is 0.963 bits per heavy atom. The molecule has 146 valence electrons. The molecular weight excluding hydrogens is 344 g/mol. The number of carboxylic acids is 1. The number of ether oxygens (including phenoxy) is 3. The van der Waals surface area contributed by atoms with Crippen LogP contribution in [0.4, 0.5) is 0 Å². The lowest BCUT2D eigenvalue weighted by Gasteiger charge is -2.14. The fourth-order valence-electron chi connectivity index (χ4n) is 2.61. The summed E-state index contributed by atoms with van der Waals surface area (Å²) in [5, 5.41) is 8.81. The highest BCUT2D eigenvalue weighted by molar-refractivity contribution is 5.67. The summed E-state index contributed by atoms with van der Waals surface area (Å²) in [5.41, 5.74) is 2.19. The molecule has 2 aromatic carbocycles. The maximum Gasteiger partial charge on any atom is 0.303 e. The Kier molecular flexibility index (Phi) is 7.99. The van der Waals surface area contributed by atoms with Gasteiger partial charge in [0, 0.05) is 6.42 Å². The molecule has 0 aromatic heterocycles. The number of benzene rings is 2. The molecule has 5 nitrogen and oxygen atoms in total. The fourth-order valence-corrected chi connectivity index (χ4v) is 2.61. The van der Waals surface area contributed by atoms with Gasteiger partial charge in [0.05, 0.1) is 6.61 Å². The second-order valence-electron chi connectivity index (χ2n) is 6.53. The van der Waals surface area contributed by atoms with Gasteiger partial charge in [-0.1, -0.05) is 32.0 Å². The van der Waals surface area contributed by atoms with E-state index >= 15 is 0 Å². The molecule has 5 heteroatoms. The molecule has 0 aliphatic rings. The second kappa shape index (κ2) is 10.5. The molecule has 0 heterocycles. The highest BCUT2D eigenvalue weighted by Gasteiger charge is 2.08. The molecule has 0 spiro atoms. The number of rotatable bonds is 11. The molecule has 0 atom stereocenters. The van der Waals surface area contributed by atoms with Gasteiger partial charge >= 0.3 is 5.97 Å². The van der Waals surface area contributed by atoms with Gasteiger partial charge in [-0.05, 0) is 54.7 Å². The Morgan fingerprint density at radius 2 is 1.67 bits per heavy atom. The van der Waals surface area contributed by atoms with Crippen LogP contribution in [0.25, 0.3) is 0 Å². The molecule has 2 rings (SSSR count). The van der Waals surface area contributed by atoms with E-state index in [0.29, 0.717) is 43.7 Å². The Morgan fingerprint density at radius 3 is 2.30 bits per heavy atom. The number of carbonyl (C=O) groups is 1. The highest BCUT2D eigenvalue weighted by atomic mass is 16.5. The predicted octanol–water partition coefficient (Wildman–Crippen LogP) is 4.68. The first-order valence-electron chi connectivity index (χ1n) is 9.32. The molecule has 0 saturated heterocycles. The minimum Gasteiger partial charge on any atom is -0.490 e. The van der Waals surface area contributed by atoms with Gasteiger partial charge in [0.15, 0.2) is 11.5 Å². The van der Waals surface area contributed by atoms with Crippen molar-refractivity contribution in [2.45, 2.75) is 39.5 Å². The summed E-state index contributed by atoms with van der Waals surface area (Å²) in [6, 6.07) is 13.6. The lowest BCUT2D eigenvalue weighted by Crippen LogP contribution is -2.10. The van der Waals surface area contributed by atoms with Crippen LogP contribution in [0, 0.1) is 0 Å². The van der Waals surface area contributed by atoms with E-state index in [1.165, 1.54) is 5.56 Å². The van der Waals surface area contributed by atoms with E-state index in [4.69, 9.17) is 19.3 Å². The number of hydrogen-bond acceptors (Lipinski definition) is 4. The average Bonchev–Trinajstić information content (AvgIpc) is 2.65. The summed E-state index contributed by atoms with van der Waals surface area (Å²) >= 11 is 0. The van der Waals surface area contributed by atoms with Crippen LogP contribution in [-0.4, -0.2) is 30.9 Å². The van der Waals surface area contributed by atoms with Crippen LogP contribution in [0.5, 0.6) is 17.2 Å². The molecule has 0 unspecified atom stereocenters. The summed E-state index contributed by atoms with van der Waals surface area (Å²) in [4.78, 5) is 10.7. The first-order chi connectivity index (χ1) is 13.0. The zero-order valence-electron chi connectivity index (χ0n) is 16.2. The zero-order chi connectivity index (χ0) is 19.6. The van der Waals surface area contributed by atoms with Crippen molar-refractivity contribution in [3.8, 4) is 17.2 Å². The highest BCUT2D eigenvalue weighted by Crippen LogP contribution is 2.29. The molecular formula is C22H28O5. The van der Waals surface area contributed by atoms with Crippen molar-refractivity contribution in [3.63, 3.8) is 0 Å². The van der Waals surface area contributed by atoms with E-state index in [1.54, 1.807) is 0 Å². The zero-order valence-corrected chi connectivity index (χ0v) is 16.2. The summed E-state index contributed by atoms with van der Waals surface area (Å²) in [6.07, 6.45) is 0.556. The minimum absolute atomic E-state index is 0.0925. The van der Waals surface area contributed by atoms with E-state index in [2.05, 4.69) is 26.0 Å². The normalized spacial score (nSPS) is 10.7. The van der Waals surface area contributed by atoms with Crippen molar-refractivity contribution in [2.75, 3.05) is 19.8 Å². The number of aryl methyl sites for hydroxylation is 1. The smallest absolute Gasteiger partial charge is 0.303 e. The largest absolute Gasteiger partial charge is 0.490 e. The van der Waals surface area contributed by atoms with E-state index in [-0.39, 0.29) is 6.42 Å². The molecule has 0 aliphatic heterocycles. The van der Waals surface area contributed by atoms with Gasteiger partial charge in [-0.15, -0.1) is 0 Å². The fraction of sp³-hybridized carbons (Fsp3) is 0.409. The molecule has 0 bridgehead atoms. The lowest BCUT2D eigenvalue weighted by atomic mass is 10.0. The summed E-state index contributed by atoms with van der Waals surface area (Å²) in [6.45, 7) is 7.54. The summed E-state index contributed by atoms with van der Waals surface area (Å²) < 4.78 is 17.1. The van der Waals surface area contributed by atoms with Crippen LogP contribution in [0.1, 0.15) is 44.2 Å². The van der Waals surface area contributed by atoms with Gasteiger partial charge < -0.3 is 19.3 Å². The monoisotopic (exact) mass is 372 g/mol. The summed E-state index contributed by atoms with van der Waals surface area (Å²) in [7, 11) is 0. The standard InChI is InChI=1S/C22H28O5/c1-4-25-21-15-17(6-12-22(23)24)5-11-20(21)27-14-13-26-19-9-7-18(8-10-19)16(2)3/h5,7-11,15-16H,4,6,12-14H2,1-3H3,(H,23,24). The van der Waals surface area contributed by atoms with Crippen LogP contribution in [0.3, 0.4) is 0 Å². The maximum absolute atomic E-state index is 10.7. The van der Waals surface area contributed by atoms with E-state index < -0.39 is 5.97 Å². The van der Waals surface area contributed by atoms with Gasteiger partial charge in [-0.3, -0.25) is 4.79 Å². The Bertz CT molecular complexity index is 722. The Balaban J connectivity index is 1.87. The van der Waals surface area contributed by atoms with Crippen LogP contribution < -0.4 is 14.2 Å². The van der Waals surface area contributed by atoms with Gasteiger partial charge in [0.25, 0.3) is 0 Å². The molecule has 0 aliphatic carbocycles. The van der Waals surface area contributed by atoms with Gasteiger partial charge in [0.1, 0.15) is 19.0 Å². The molecule has 0 radical (unpaired) electrons. The maximum atomic E-state index is 10.7. The van der Waals surface area contributed by atoms with Crippen molar-refractivity contribution >= 4 is 5.97 Å². The van der Waals surface area contributed by atoms with Crippen molar-refractivity contribution < 1.29 is 24.1 Å². The quantitative estimate of drug-likeness (QED) is 0.580. The van der Waals surface area contributed by atoms with Crippen molar-refractivity contribution in [1.82, 2.24) is 0 Å².